The highest BCUT2D eigenvalue weighted by molar-refractivity contribution is 7.91. The lowest BCUT2D eigenvalue weighted by atomic mass is 9.62. The number of fused-ring (bicyclic) bond motifs is 3. The predicted octanol–water partition coefficient (Wildman–Crippen LogP) is 3.55. The van der Waals surface area contributed by atoms with Gasteiger partial charge in [-0.3, -0.25) is 4.79 Å². The van der Waals surface area contributed by atoms with Gasteiger partial charge in [0.2, 0.25) is 0 Å². The van der Waals surface area contributed by atoms with Crippen molar-refractivity contribution in [3.8, 4) is 0 Å². The summed E-state index contributed by atoms with van der Waals surface area (Å²) in [5.41, 5.74) is -0.481. The molecule has 0 radical (unpaired) electrons. The lowest BCUT2D eigenvalue weighted by Crippen LogP contribution is -2.53. The zero-order valence-corrected chi connectivity index (χ0v) is 18.7. The summed E-state index contributed by atoms with van der Waals surface area (Å²) in [5, 5.41) is 22.4. The molecule has 5 unspecified atom stereocenters. The summed E-state index contributed by atoms with van der Waals surface area (Å²) in [6.45, 7) is 0. The third-order valence-corrected chi connectivity index (χ3v) is 8.87. The van der Waals surface area contributed by atoms with Crippen molar-refractivity contribution in [1.82, 2.24) is 0 Å². The fraction of sp³-hybridized carbons (Fsp3) is 0.409. The Morgan fingerprint density at radius 1 is 1.06 bits per heavy atom. The molecule has 178 valence electrons. The molecule has 11 heteroatoms. The van der Waals surface area contributed by atoms with Crippen LogP contribution in [0.15, 0.2) is 35.2 Å². The number of halogens is 4. The summed E-state index contributed by atoms with van der Waals surface area (Å²) >= 11 is 6.11. The highest BCUT2D eigenvalue weighted by Gasteiger charge is 2.48. The zero-order chi connectivity index (χ0) is 24.1. The first-order chi connectivity index (χ1) is 15.5. The molecule has 0 saturated heterocycles. The Hall–Kier alpha value is -2.14. The average Bonchev–Trinajstić information content (AvgIpc) is 2.75. The summed E-state index contributed by atoms with van der Waals surface area (Å²) in [6.07, 6.45) is -0.0484. The Labute approximate surface area is 193 Å². The minimum Gasteiger partial charge on any atom is -0.390 e. The number of carbonyl (C=O) groups excluding carboxylic acids is 1. The number of anilines is 1. The van der Waals surface area contributed by atoms with Gasteiger partial charge in [-0.15, -0.1) is 0 Å². The molecule has 2 aromatic carbocycles. The van der Waals surface area contributed by atoms with E-state index >= 15 is 0 Å². The standard InChI is InChI=1S/C22H21ClF3NO5S/c23-15-4-2-11(22(30)27-13-7-16(24)19(26)17(25)8-13)6-18(15)33(31,32)9-12-5-10-1-3-14(12)21(29)20(10)28/h2,4,6-8,10,12,14,20-21,28-29H,1,3,5,9H2,(H,27,30). The molecule has 5 atom stereocenters. The van der Waals surface area contributed by atoms with Gasteiger partial charge in [0.25, 0.3) is 5.91 Å². The number of nitrogens with one attached hydrogen (secondary N) is 1. The molecule has 3 saturated carbocycles. The van der Waals surface area contributed by atoms with E-state index < -0.39 is 45.4 Å². The quantitative estimate of drug-likeness (QED) is 0.541. The molecule has 0 aliphatic heterocycles. The minimum atomic E-state index is -3.98. The summed E-state index contributed by atoms with van der Waals surface area (Å²) < 4.78 is 66.2. The molecule has 5 rings (SSSR count). The van der Waals surface area contributed by atoms with Gasteiger partial charge in [0.1, 0.15) is 0 Å². The van der Waals surface area contributed by atoms with Crippen molar-refractivity contribution in [1.29, 1.82) is 0 Å². The second-order valence-corrected chi connectivity index (χ2v) is 11.0. The molecule has 2 aromatic rings. The Morgan fingerprint density at radius 3 is 2.36 bits per heavy atom. The number of aliphatic hydroxyl groups is 2. The van der Waals surface area contributed by atoms with Crippen LogP contribution in [-0.2, 0) is 9.84 Å². The highest BCUT2D eigenvalue weighted by Crippen LogP contribution is 2.46. The lowest BCUT2D eigenvalue weighted by molar-refractivity contribution is -0.128. The third-order valence-electron chi connectivity index (χ3n) is 6.56. The van der Waals surface area contributed by atoms with Crippen molar-refractivity contribution in [3.63, 3.8) is 0 Å². The topological polar surface area (TPSA) is 104 Å². The van der Waals surface area contributed by atoms with Gasteiger partial charge in [0.05, 0.1) is 27.9 Å². The van der Waals surface area contributed by atoms with Crippen LogP contribution in [-0.4, -0.2) is 42.5 Å². The molecule has 3 N–H and O–H groups in total. The number of carbonyl (C=O) groups is 1. The molecule has 3 aliphatic rings. The second-order valence-electron chi connectivity index (χ2n) is 8.61. The van der Waals surface area contributed by atoms with Crippen molar-refractivity contribution >= 4 is 33.0 Å². The first-order valence-electron chi connectivity index (χ1n) is 10.3. The highest BCUT2D eigenvalue weighted by atomic mass is 35.5. The van der Waals surface area contributed by atoms with E-state index in [1.807, 2.05) is 0 Å². The van der Waals surface area contributed by atoms with Gasteiger partial charge in [-0.25, -0.2) is 21.6 Å². The van der Waals surface area contributed by atoms with Gasteiger partial charge in [-0.2, -0.15) is 0 Å². The first-order valence-corrected chi connectivity index (χ1v) is 12.4. The Morgan fingerprint density at radius 2 is 1.73 bits per heavy atom. The van der Waals surface area contributed by atoms with Crippen LogP contribution >= 0.6 is 11.6 Å². The molecule has 3 fully saturated rings. The van der Waals surface area contributed by atoms with Crippen LogP contribution < -0.4 is 5.32 Å². The summed E-state index contributed by atoms with van der Waals surface area (Å²) in [5.74, 6) is -6.73. The molecule has 0 aromatic heterocycles. The molecule has 2 bridgehead atoms. The van der Waals surface area contributed by atoms with E-state index in [2.05, 4.69) is 5.32 Å². The van der Waals surface area contributed by atoms with E-state index in [1.54, 1.807) is 0 Å². The van der Waals surface area contributed by atoms with Crippen molar-refractivity contribution in [2.24, 2.45) is 17.8 Å². The van der Waals surface area contributed by atoms with Crippen molar-refractivity contribution < 1.29 is 36.6 Å². The van der Waals surface area contributed by atoms with Crippen LogP contribution in [0.3, 0.4) is 0 Å². The van der Waals surface area contributed by atoms with Crippen molar-refractivity contribution in [2.45, 2.75) is 36.4 Å². The maximum atomic E-state index is 13.4. The van der Waals surface area contributed by atoms with E-state index in [1.165, 1.54) is 12.1 Å². The Bertz CT molecular complexity index is 1180. The van der Waals surface area contributed by atoms with Gasteiger partial charge >= 0.3 is 0 Å². The average molecular weight is 504 g/mol. The van der Waals surface area contributed by atoms with E-state index in [4.69, 9.17) is 11.6 Å². The molecule has 6 nitrogen and oxygen atoms in total. The number of rotatable bonds is 5. The maximum Gasteiger partial charge on any atom is 0.255 e. The maximum absolute atomic E-state index is 13.4. The van der Waals surface area contributed by atoms with Gasteiger partial charge in [-0.1, -0.05) is 11.6 Å². The van der Waals surface area contributed by atoms with E-state index in [9.17, 15) is 36.6 Å². The van der Waals surface area contributed by atoms with Crippen LogP contribution in [0.4, 0.5) is 18.9 Å². The number of benzene rings is 2. The SMILES string of the molecule is O=C(Nc1cc(F)c(F)c(F)c1)c1ccc(Cl)c(S(=O)(=O)CC2CC3CCC2C(O)C3O)c1. The van der Waals surface area contributed by atoms with Crippen LogP contribution in [0.1, 0.15) is 29.6 Å². The number of sulfone groups is 1. The van der Waals surface area contributed by atoms with Crippen LogP contribution in [0.2, 0.25) is 5.02 Å². The first kappa shape index (κ1) is 24.0. The van der Waals surface area contributed by atoms with Crippen molar-refractivity contribution in [2.75, 3.05) is 11.1 Å². The fourth-order valence-corrected chi connectivity index (χ4v) is 7.16. The third kappa shape index (κ3) is 4.62. The zero-order valence-electron chi connectivity index (χ0n) is 17.1. The van der Waals surface area contributed by atoms with Gasteiger partial charge in [-0.05, 0) is 55.2 Å². The summed E-state index contributed by atoms with van der Waals surface area (Å²) in [7, 11) is -3.98. The number of aliphatic hydroxyl groups excluding tert-OH is 2. The molecule has 33 heavy (non-hydrogen) atoms. The van der Waals surface area contributed by atoms with E-state index in [0.29, 0.717) is 25.0 Å². The molecule has 0 heterocycles. The van der Waals surface area contributed by atoms with E-state index in [-0.39, 0.29) is 44.7 Å². The van der Waals surface area contributed by atoms with Crippen LogP contribution in [0.25, 0.3) is 0 Å². The predicted molar refractivity (Wildman–Crippen MR) is 114 cm³/mol. The van der Waals surface area contributed by atoms with Gasteiger partial charge < -0.3 is 15.5 Å². The normalized spacial score (nSPS) is 26.9. The smallest absolute Gasteiger partial charge is 0.255 e. The lowest BCUT2D eigenvalue weighted by Gasteiger charge is -2.48. The van der Waals surface area contributed by atoms with Crippen molar-refractivity contribution in [3.05, 3.63) is 58.4 Å². The fourth-order valence-electron chi connectivity index (χ4n) is 4.89. The van der Waals surface area contributed by atoms with Gasteiger partial charge in [0, 0.05) is 23.4 Å². The Kier molecular flexibility index (Phi) is 6.47. The van der Waals surface area contributed by atoms with Gasteiger partial charge in [0.15, 0.2) is 27.3 Å². The molecular formula is C22H21ClF3NO5S. The molecule has 3 aliphatic carbocycles. The van der Waals surface area contributed by atoms with Crippen LogP contribution in [0.5, 0.6) is 0 Å². The number of hydrogen-bond donors (Lipinski definition) is 3. The molecular weight excluding hydrogens is 483 g/mol. The Balaban J connectivity index is 1.56. The minimum absolute atomic E-state index is 0.105. The number of amides is 1. The second kappa shape index (κ2) is 8.90. The largest absolute Gasteiger partial charge is 0.390 e. The van der Waals surface area contributed by atoms with E-state index in [0.717, 1.165) is 12.5 Å². The summed E-state index contributed by atoms with van der Waals surface area (Å²) in [6, 6.07) is 4.73. The van der Waals surface area contributed by atoms with Crippen LogP contribution in [0, 0.1) is 35.2 Å². The monoisotopic (exact) mass is 503 g/mol. The molecule has 0 spiro atoms. The number of hydrogen-bond acceptors (Lipinski definition) is 5. The summed E-state index contributed by atoms with van der Waals surface area (Å²) in [4.78, 5) is 12.2. The molecule has 1 amide bonds.